The molecule has 2 aromatic heterocycles. The molecule has 2 amide bonds. The quantitative estimate of drug-likeness (QED) is 0.353. The van der Waals surface area contributed by atoms with Crippen LogP contribution >= 0.6 is 23.2 Å². The number of carbonyl (C=O) groups excluding carboxylic acids is 2. The minimum absolute atomic E-state index is 0.0913. The fraction of sp³-hybridized carbons (Fsp3) is 0.154. The van der Waals surface area contributed by atoms with Gasteiger partial charge < -0.3 is 24.0 Å². The van der Waals surface area contributed by atoms with Crippen LogP contribution in [0.25, 0.3) is 11.3 Å². The smallest absolute Gasteiger partial charge is 0.291 e. The zero-order valence-electron chi connectivity index (χ0n) is 18.5. The molecule has 1 fully saturated rings. The van der Waals surface area contributed by atoms with Gasteiger partial charge in [0.15, 0.2) is 11.5 Å². The van der Waals surface area contributed by atoms with Crippen LogP contribution in [0.2, 0.25) is 10.0 Å². The van der Waals surface area contributed by atoms with Crippen LogP contribution in [0, 0.1) is 0 Å². The summed E-state index contributed by atoms with van der Waals surface area (Å²) in [5, 5.41) is 3.85. The van der Waals surface area contributed by atoms with Gasteiger partial charge in [-0.3, -0.25) is 9.59 Å². The third-order valence-corrected chi connectivity index (χ3v) is 6.38. The predicted molar refractivity (Wildman–Crippen MR) is 135 cm³/mol. The summed E-state index contributed by atoms with van der Waals surface area (Å²) in [6, 6.07) is 19.3. The molecule has 3 heterocycles. The summed E-state index contributed by atoms with van der Waals surface area (Å²) in [6.45, 7) is 2.63. The first-order chi connectivity index (χ1) is 17.0. The van der Waals surface area contributed by atoms with Crippen LogP contribution in [-0.4, -0.2) is 42.9 Å². The van der Waals surface area contributed by atoms with Crippen LogP contribution in [-0.2, 0) is 0 Å². The fourth-order valence-electron chi connectivity index (χ4n) is 3.96. The number of amides is 2. The highest BCUT2D eigenvalue weighted by atomic mass is 35.5. The summed E-state index contributed by atoms with van der Waals surface area (Å²) in [5.74, 6) is 0.525. The Bertz CT molecular complexity index is 1340. The fourth-order valence-corrected chi connectivity index (χ4v) is 4.35. The molecule has 1 aliphatic rings. The Balaban J connectivity index is 1.19. The van der Waals surface area contributed by atoms with Crippen LogP contribution in [0.3, 0.4) is 0 Å². The van der Waals surface area contributed by atoms with E-state index in [4.69, 9.17) is 32.0 Å². The molecule has 5 rings (SSSR count). The summed E-state index contributed by atoms with van der Waals surface area (Å²) >= 11 is 12.3. The topological polar surface area (TPSA) is 78.9 Å². The second-order valence-corrected chi connectivity index (χ2v) is 8.89. The average Bonchev–Trinajstić information content (AvgIpc) is 3.59. The molecule has 35 heavy (non-hydrogen) atoms. The molecule has 1 N–H and O–H groups in total. The first-order valence-electron chi connectivity index (χ1n) is 11.0. The van der Waals surface area contributed by atoms with E-state index in [1.54, 1.807) is 47.4 Å². The van der Waals surface area contributed by atoms with Crippen molar-refractivity contribution in [3.8, 4) is 11.3 Å². The van der Waals surface area contributed by atoms with Crippen molar-refractivity contribution in [1.82, 2.24) is 4.90 Å². The maximum Gasteiger partial charge on any atom is 0.291 e. The van der Waals surface area contributed by atoms with Crippen LogP contribution in [0.1, 0.15) is 21.1 Å². The molecule has 0 unspecified atom stereocenters. The number of rotatable bonds is 5. The second kappa shape index (κ2) is 9.90. The van der Waals surface area contributed by atoms with Crippen molar-refractivity contribution in [3.63, 3.8) is 0 Å². The van der Waals surface area contributed by atoms with Crippen molar-refractivity contribution in [2.75, 3.05) is 36.4 Å². The van der Waals surface area contributed by atoms with E-state index in [9.17, 15) is 9.59 Å². The van der Waals surface area contributed by atoms with Crippen LogP contribution in [0.15, 0.2) is 81.8 Å². The number of piperazine rings is 1. The molecule has 0 atom stereocenters. The number of hydrogen-bond acceptors (Lipinski definition) is 5. The van der Waals surface area contributed by atoms with Crippen molar-refractivity contribution < 1.29 is 18.4 Å². The number of nitrogens with zero attached hydrogens (tertiary/aromatic N) is 2. The molecule has 0 spiro atoms. The van der Waals surface area contributed by atoms with E-state index in [2.05, 4.69) is 10.2 Å². The molecule has 0 radical (unpaired) electrons. The number of nitrogens with one attached hydrogen (secondary N) is 1. The highest BCUT2D eigenvalue weighted by Gasteiger charge is 2.24. The molecule has 7 nitrogen and oxygen atoms in total. The Morgan fingerprint density at radius 3 is 2.34 bits per heavy atom. The molecular weight excluding hydrogens is 489 g/mol. The van der Waals surface area contributed by atoms with Gasteiger partial charge in [-0.2, -0.15) is 0 Å². The Morgan fingerprint density at radius 1 is 0.857 bits per heavy atom. The SMILES string of the molecule is O=C(Nc1ccc(N2CCN(C(=O)c3ccco3)CC2)cc1)c1ccc(-c2cc(Cl)ccc2Cl)o1. The third-order valence-electron chi connectivity index (χ3n) is 5.81. The van der Waals surface area contributed by atoms with E-state index >= 15 is 0 Å². The van der Waals surface area contributed by atoms with Gasteiger partial charge in [0, 0.05) is 48.1 Å². The molecule has 9 heteroatoms. The van der Waals surface area contributed by atoms with Crippen molar-refractivity contribution in [2.45, 2.75) is 0 Å². The molecule has 1 saturated heterocycles. The van der Waals surface area contributed by atoms with E-state index in [1.165, 1.54) is 6.26 Å². The number of hydrogen-bond donors (Lipinski definition) is 1. The van der Waals surface area contributed by atoms with Crippen LogP contribution in [0.5, 0.6) is 0 Å². The van der Waals surface area contributed by atoms with Gasteiger partial charge in [-0.05, 0) is 66.7 Å². The number of halogens is 2. The van der Waals surface area contributed by atoms with E-state index in [-0.39, 0.29) is 17.6 Å². The summed E-state index contributed by atoms with van der Waals surface area (Å²) in [7, 11) is 0. The predicted octanol–water partition coefficient (Wildman–Crippen LogP) is 6.06. The number of benzene rings is 2. The minimum atomic E-state index is -0.368. The summed E-state index contributed by atoms with van der Waals surface area (Å²) in [4.78, 5) is 29.1. The number of furan rings is 2. The highest BCUT2D eigenvalue weighted by molar-refractivity contribution is 6.35. The third kappa shape index (κ3) is 5.06. The molecule has 178 valence electrons. The Morgan fingerprint density at radius 2 is 1.63 bits per heavy atom. The Hall–Kier alpha value is -3.68. The van der Waals surface area contributed by atoms with Crippen molar-refractivity contribution in [1.29, 1.82) is 0 Å². The lowest BCUT2D eigenvalue weighted by Gasteiger charge is -2.35. The van der Waals surface area contributed by atoms with Gasteiger partial charge in [-0.15, -0.1) is 0 Å². The molecular formula is C26H21Cl2N3O4. The lowest BCUT2D eigenvalue weighted by molar-refractivity contribution is 0.0714. The van der Waals surface area contributed by atoms with Gasteiger partial charge in [-0.1, -0.05) is 23.2 Å². The summed E-state index contributed by atoms with van der Waals surface area (Å²) < 4.78 is 10.9. The Kier molecular flexibility index (Phi) is 6.53. The average molecular weight is 510 g/mol. The normalized spacial score (nSPS) is 13.7. The minimum Gasteiger partial charge on any atom is -0.459 e. The second-order valence-electron chi connectivity index (χ2n) is 8.05. The van der Waals surface area contributed by atoms with Crippen molar-refractivity contribution in [2.24, 2.45) is 0 Å². The zero-order chi connectivity index (χ0) is 24.4. The molecule has 4 aromatic rings. The van der Waals surface area contributed by atoms with Crippen molar-refractivity contribution in [3.05, 3.63) is 94.6 Å². The lowest BCUT2D eigenvalue weighted by atomic mass is 10.2. The van der Waals surface area contributed by atoms with Crippen LogP contribution in [0.4, 0.5) is 11.4 Å². The molecule has 0 bridgehead atoms. The number of anilines is 2. The van der Waals surface area contributed by atoms with E-state index < -0.39 is 0 Å². The van der Waals surface area contributed by atoms with Crippen LogP contribution < -0.4 is 10.2 Å². The molecule has 0 saturated carbocycles. The standard InChI is InChI=1S/C26H21Cl2N3O4/c27-17-3-8-21(28)20(16-17)22-9-10-23(35-22)25(32)29-18-4-6-19(7-5-18)30-11-13-31(14-12-30)26(33)24-2-1-15-34-24/h1-10,15-16H,11-14H2,(H,29,32). The first kappa shape index (κ1) is 23.1. The lowest BCUT2D eigenvalue weighted by Crippen LogP contribution is -2.48. The summed E-state index contributed by atoms with van der Waals surface area (Å²) in [5.41, 5.74) is 2.28. The zero-order valence-corrected chi connectivity index (χ0v) is 20.1. The maximum atomic E-state index is 12.7. The van der Waals surface area contributed by atoms with Gasteiger partial charge >= 0.3 is 0 Å². The largest absolute Gasteiger partial charge is 0.459 e. The van der Waals surface area contributed by atoms with Gasteiger partial charge in [0.2, 0.25) is 0 Å². The molecule has 1 aliphatic heterocycles. The first-order valence-corrected chi connectivity index (χ1v) is 11.8. The van der Waals surface area contributed by atoms with Gasteiger partial charge in [0.25, 0.3) is 11.8 Å². The highest BCUT2D eigenvalue weighted by Crippen LogP contribution is 2.32. The monoisotopic (exact) mass is 509 g/mol. The molecule has 0 aliphatic carbocycles. The maximum absolute atomic E-state index is 12.7. The molecule has 2 aromatic carbocycles. The van der Waals surface area contributed by atoms with Gasteiger partial charge in [0.05, 0.1) is 11.3 Å². The van der Waals surface area contributed by atoms with E-state index in [0.29, 0.717) is 59.0 Å². The van der Waals surface area contributed by atoms with Gasteiger partial charge in [0.1, 0.15) is 5.76 Å². The summed E-state index contributed by atoms with van der Waals surface area (Å²) in [6.07, 6.45) is 1.50. The number of carbonyl (C=O) groups is 2. The Labute approximate surface area is 211 Å². The van der Waals surface area contributed by atoms with E-state index in [1.807, 2.05) is 24.3 Å². The van der Waals surface area contributed by atoms with E-state index in [0.717, 1.165) is 5.69 Å². The van der Waals surface area contributed by atoms with Crippen molar-refractivity contribution >= 4 is 46.4 Å². The van der Waals surface area contributed by atoms with Gasteiger partial charge in [-0.25, -0.2) is 0 Å².